The van der Waals surface area contributed by atoms with Crippen LogP contribution in [0.2, 0.25) is 6.55 Å². The Morgan fingerprint density at radius 2 is 1.50 bits per heavy atom. The summed E-state index contributed by atoms with van der Waals surface area (Å²) in [4.78, 5) is 0. The number of rotatable bonds is 8. The van der Waals surface area contributed by atoms with Crippen LogP contribution in [0.5, 0.6) is 0 Å². The Balaban J connectivity index is 2.67. The molecule has 18 heavy (non-hydrogen) atoms. The highest BCUT2D eigenvalue weighted by Gasteiger charge is 2.31. The van der Waals surface area contributed by atoms with Gasteiger partial charge in [0.25, 0.3) is 0 Å². The van der Waals surface area contributed by atoms with Crippen molar-refractivity contribution in [2.45, 2.75) is 39.3 Å². The van der Waals surface area contributed by atoms with Crippen LogP contribution in [0.25, 0.3) is 0 Å². The summed E-state index contributed by atoms with van der Waals surface area (Å²) in [5.74, 6) is 0. The SMILES string of the molecule is CCCO[Si](C)(Cc1ccc(N)cc1)OCCC. The van der Waals surface area contributed by atoms with Gasteiger partial charge in [0, 0.05) is 24.9 Å². The number of nitrogen functional groups attached to an aromatic ring is 1. The van der Waals surface area contributed by atoms with E-state index in [0.717, 1.165) is 37.8 Å². The van der Waals surface area contributed by atoms with Crippen LogP contribution in [-0.4, -0.2) is 21.8 Å². The van der Waals surface area contributed by atoms with Crippen LogP contribution in [0.1, 0.15) is 32.3 Å². The fourth-order valence-corrected chi connectivity index (χ4v) is 4.32. The van der Waals surface area contributed by atoms with E-state index in [1.165, 1.54) is 5.56 Å². The van der Waals surface area contributed by atoms with Crippen LogP contribution in [-0.2, 0) is 14.9 Å². The third-order valence-electron chi connectivity index (χ3n) is 2.73. The predicted octanol–water partition coefficient (Wildman–Crippen LogP) is 3.28. The molecule has 0 saturated carbocycles. The van der Waals surface area contributed by atoms with Gasteiger partial charge < -0.3 is 14.6 Å². The molecule has 0 aromatic heterocycles. The fourth-order valence-electron chi connectivity index (χ4n) is 1.79. The molecule has 4 heteroatoms. The molecular formula is C14H25NO2Si. The third-order valence-corrected chi connectivity index (χ3v) is 5.41. The summed E-state index contributed by atoms with van der Waals surface area (Å²) in [5.41, 5.74) is 7.74. The Morgan fingerprint density at radius 1 is 1.00 bits per heavy atom. The zero-order chi connectivity index (χ0) is 13.4. The van der Waals surface area contributed by atoms with Crippen LogP contribution in [0.3, 0.4) is 0 Å². The maximum absolute atomic E-state index is 6.00. The first-order valence-electron chi connectivity index (χ1n) is 6.72. The zero-order valence-corrected chi connectivity index (χ0v) is 12.7. The molecule has 0 aliphatic rings. The lowest BCUT2D eigenvalue weighted by Gasteiger charge is -2.27. The van der Waals surface area contributed by atoms with Crippen molar-refractivity contribution in [3.05, 3.63) is 29.8 Å². The van der Waals surface area contributed by atoms with Crippen LogP contribution in [0, 0.1) is 0 Å². The highest BCUT2D eigenvalue weighted by Crippen LogP contribution is 2.17. The Bertz CT molecular complexity index is 332. The summed E-state index contributed by atoms with van der Waals surface area (Å²) in [6.07, 6.45) is 2.06. The number of nitrogens with two attached hydrogens (primary N) is 1. The summed E-state index contributed by atoms with van der Waals surface area (Å²) in [6, 6.07) is 8.87. The first-order chi connectivity index (χ1) is 8.59. The van der Waals surface area contributed by atoms with E-state index in [0.29, 0.717) is 0 Å². The summed E-state index contributed by atoms with van der Waals surface area (Å²) < 4.78 is 12.0. The highest BCUT2D eigenvalue weighted by atomic mass is 28.4. The standard InChI is InChI=1S/C14H25NO2Si/c1-4-10-16-18(3,17-11-5-2)12-13-6-8-14(15)9-7-13/h6-9H,4-5,10-12,15H2,1-3H3. The van der Waals surface area contributed by atoms with Crippen molar-refractivity contribution in [3.8, 4) is 0 Å². The molecule has 0 aliphatic carbocycles. The molecule has 0 fully saturated rings. The average Bonchev–Trinajstić information content (AvgIpc) is 2.37. The highest BCUT2D eigenvalue weighted by molar-refractivity contribution is 6.65. The van der Waals surface area contributed by atoms with Gasteiger partial charge in [0.15, 0.2) is 0 Å². The molecule has 1 rings (SSSR count). The normalized spacial score (nSPS) is 11.7. The molecule has 0 heterocycles. The van der Waals surface area contributed by atoms with Crippen LogP contribution < -0.4 is 5.73 Å². The molecule has 3 nitrogen and oxygen atoms in total. The molecule has 0 atom stereocenters. The summed E-state index contributed by atoms with van der Waals surface area (Å²) in [5, 5.41) is 0. The minimum Gasteiger partial charge on any atom is -0.399 e. The molecule has 0 saturated heterocycles. The summed E-state index contributed by atoms with van der Waals surface area (Å²) >= 11 is 0. The van der Waals surface area contributed by atoms with Crippen molar-refractivity contribution in [2.24, 2.45) is 0 Å². The number of anilines is 1. The van der Waals surface area contributed by atoms with E-state index in [-0.39, 0.29) is 0 Å². The van der Waals surface area contributed by atoms with Crippen molar-refractivity contribution in [3.63, 3.8) is 0 Å². The Morgan fingerprint density at radius 3 is 1.94 bits per heavy atom. The maximum Gasteiger partial charge on any atom is 0.339 e. The second-order valence-electron chi connectivity index (χ2n) is 4.75. The van der Waals surface area contributed by atoms with Crippen LogP contribution in [0.4, 0.5) is 5.69 Å². The summed E-state index contributed by atoms with van der Waals surface area (Å²) in [7, 11) is -2.09. The van der Waals surface area contributed by atoms with Gasteiger partial charge in [-0.25, -0.2) is 0 Å². The fraction of sp³-hybridized carbons (Fsp3) is 0.571. The Kier molecular flexibility index (Phi) is 6.39. The smallest absolute Gasteiger partial charge is 0.339 e. The number of hydrogen-bond donors (Lipinski definition) is 1. The lowest BCUT2D eigenvalue weighted by atomic mass is 10.2. The minimum atomic E-state index is -2.09. The van der Waals surface area contributed by atoms with E-state index in [2.05, 4.69) is 32.5 Å². The molecule has 0 unspecified atom stereocenters. The quantitative estimate of drug-likeness (QED) is 0.581. The molecule has 1 aromatic rings. The van der Waals surface area contributed by atoms with Crippen molar-refractivity contribution in [2.75, 3.05) is 18.9 Å². The largest absolute Gasteiger partial charge is 0.399 e. The lowest BCUT2D eigenvalue weighted by Crippen LogP contribution is -2.42. The zero-order valence-electron chi connectivity index (χ0n) is 11.7. The van der Waals surface area contributed by atoms with E-state index in [1.54, 1.807) is 0 Å². The molecule has 2 N–H and O–H groups in total. The third kappa shape index (κ3) is 5.21. The molecule has 0 amide bonds. The van der Waals surface area contributed by atoms with Gasteiger partial charge in [0.1, 0.15) is 0 Å². The van der Waals surface area contributed by atoms with Gasteiger partial charge >= 0.3 is 8.56 Å². The topological polar surface area (TPSA) is 44.5 Å². The van der Waals surface area contributed by atoms with Crippen molar-refractivity contribution >= 4 is 14.2 Å². The van der Waals surface area contributed by atoms with Crippen molar-refractivity contribution in [1.29, 1.82) is 0 Å². The predicted molar refractivity (Wildman–Crippen MR) is 78.7 cm³/mol. The van der Waals surface area contributed by atoms with Gasteiger partial charge in [0.05, 0.1) is 0 Å². The second-order valence-corrected chi connectivity index (χ2v) is 7.95. The minimum absolute atomic E-state index is 0.779. The van der Waals surface area contributed by atoms with Gasteiger partial charge in [-0.15, -0.1) is 0 Å². The van der Waals surface area contributed by atoms with E-state index in [4.69, 9.17) is 14.6 Å². The Labute approximate surface area is 112 Å². The first-order valence-corrected chi connectivity index (χ1v) is 9.24. The van der Waals surface area contributed by atoms with E-state index >= 15 is 0 Å². The van der Waals surface area contributed by atoms with E-state index < -0.39 is 8.56 Å². The summed E-state index contributed by atoms with van der Waals surface area (Å²) in [6.45, 7) is 7.95. The van der Waals surface area contributed by atoms with Crippen molar-refractivity contribution in [1.82, 2.24) is 0 Å². The molecule has 0 spiro atoms. The van der Waals surface area contributed by atoms with Crippen LogP contribution in [0.15, 0.2) is 24.3 Å². The molecule has 1 aromatic carbocycles. The Hall–Kier alpha value is -0.843. The van der Waals surface area contributed by atoms with E-state index in [1.807, 2.05) is 12.1 Å². The first kappa shape index (κ1) is 15.2. The molecular weight excluding hydrogens is 242 g/mol. The van der Waals surface area contributed by atoms with Crippen LogP contribution >= 0.6 is 0 Å². The van der Waals surface area contributed by atoms with Gasteiger partial charge in [-0.3, -0.25) is 0 Å². The maximum atomic E-state index is 6.00. The molecule has 0 aliphatic heterocycles. The molecule has 102 valence electrons. The number of hydrogen-bond acceptors (Lipinski definition) is 3. The monoisotopic (exact) mass is 267 g/mol. The average molecular weight is 267 g/mol. The number of benzene rings is 1. The second kappa shape index (κ2) is 7.56. The van der Waals surface area contributed by atoms with E-state index in [9.17, 15) is 0 Å². The molecule has 0 bridgehead atoms. The molecule has 0 radical (unpaired) electrons. The lowest BCUT2D eigenvalue weighted by molar-refractivity contribution is 0.172. The van der Waals surface area contributed by atoms with Gasteiger partial charge in [-0.1, -0.05) is 26.0 Å². The van der Waals surface area contributed by atoms with Gasteiger partial charge in [-0.05, 0) is 37.1 Å². The van der Waals surface area contributed by atoms with Gasteiger partial charge in [0.2, 0.25) is 0 Å². The van der Waals surface area contributed by atoms with Crippen molar-refractivity contribution < 1.29 is 8.85 Å². The van der Waals surface area contributed by atoms with Gasteiger partial charge in [-0.2, -0.15) is 0 Å².